The van der Waals surface area contributed by atoms with Crippen molar-refractivity contribution in [2.45, 2.75) is 4.90 Å². The number of nitrogens with zero attached hydrogens (tertiary/aromatic N) is 2. The average molecular weight is 330 g/mol. The van der Waals surface area contributed by atoms with Crippen molar-refractivity contribution in [1.29, 1.82) is 0 Å². The number of hydrazone groups is 1. The molecule has 0 fully saturated rings. The smallest absolute Gasteiger partial charge is 0.298 e. The van der Waals surface area contributed by atoms with E-state index in [1.807, 2.05) is 21.1 Å². The number of ether oxygens (including phenoxy) is 1. The molecule has 1 aromatic rings. The van der Waals surface area contributed by atoms with Gasteiger partial charge in [0.05, 0.1) is 34.5 Å². The van der Waals surface area contributed by atoms with E-state index in [4.69, 9.17) is 9.29 Å². The molecule has 1 rings (SSSR count). The van der Waals surface area contributed by atoms with E-state index in [2.05, 4.69) is 10.5 Å². The number of quaternary nitrogens is 1. The maximum atomic E-state index is 11.6. The molecule has 0 bridgehead atoms. The summed E-state index contributed by atoms with van der Waals surface area (Å²) in [6, 6.07) is 4.13. The van der Waals surface area contributed by atoms with Crippen LogP contribution in [-0.2, 0) is 14.9 Å². The molecule has 122 valence electrons. The van der Waals surface area contributed by atoms with Crippen LogP contribution in [0.2, 0.25) is 0 Å². The number of likely N-dealkylation sites (N-methyl/N-ethyl adjacent to an activating group) is 1. The van der Waals surface area contributed by atoms with Crippen LogP contribution >= 0.6 is 0 Å². The van der Waals surface area contributed by atoms with Crippen molar-refractivity contribution in [3.8, 4) is 5.75 Å². The molecule has 0 saturated heterocycles. The molecular formula is C13H20N3O5S+. The minimum absolute atomic E-state index is 0.0220. The summed E-state index contributed by atoms with van der Waals surface area (Å²) in [4.78, 5) is 11.2. The van der Waals surface area contributed by atoms with Gasteiger partial charge in [-0.2, -0.15) is 13.5 Å². The molecule has 0 aromatic heterocycles. The zero-order valence-corrected chi connectivity index (χ0v) is 13.7. The van der Waals surface area contributed by atoms with Crippen LogP contribution in [0.3, 0.4) is 0 Å². The Morgan fingerprint density at radius 3 is 2.55 bits per heavy atom. The van der Waals surface area contributed by atoms with E-state index in [0.717, 1.165) is 0 Å². The third kappa shape index (κ3) is 5.80. The summed E-state index contributed by atoms with van der Waals surface area (Å²) in [5, 5.41) is 3.75. The van der Waals surface area contributed by atoms with Crippen molar-refractivity contribution < 1.29 is 27.0 Å². The van der Waals surface area contributed by atoms with Gasteiger partial charge in [-0.1, -0.05) is 0 Å². The van der Waals surface area contributed by atoms with Gasteiger partial charge in [0.25, 0.3) is 16.0 Å². The molecule has 8 nitrogen and oxygen atoms in total. The Morgan fingerprint density at radius 1 is 1.41 bits per heavy atom. The van der Waals surface area contributed by atoms with Gasteiger partial charge in [0.1, 0.15) is 10.6 Å². The zero-order chi connectivity index (χ0) is 17.0. The molecule has 1 aromatic carbocycles. The third-order valence-corrected chi connectivity index (χ3v) is 3.36. The molecule has 0 heterocycles. The highest BCUT2D eigenvalue weighted by molar-refractivity contribution is 7.86. The monoisotopic (exact) mass is 330 g/mol. The largest absolute Gasteiger partial charge is 0.495 e. The van der Waals surface area contributed by atoms with E-state index in [0.29, 0.717) is 10.0 Å². The molecule has 0 spiro atoms. The number of hydrogen-bond acceptors (Lipinski definition) is 5. The summed E-state index contributed by atoms with van der Waals surface area (Å²) in [5.41, 5.74) is 2.73. The zero-order valence-electron chi connectivity index (χ0n) is 12.9. The number of hydrogen-bond donors (Lipinski definition) is 2. The highest BCUT2D eigenvalue weighted by atomic mass is 32.2. The van der Waals surface area contributed by atoms with Crippen LogP contribution in [0.4, 0.5) is 0 Å². The standard InChI is InChI=1S/C13H19N3O5S/c1-16(2,3)9-13(17)15-14-8-10-5-6-11(21-4)12(7-10)22(18,19)20/h5-8H,9H2,1-4H3,(H-,15,17,18,19,20)/p+1/b14-8+. The first kappa shape index (κ1) is 18.1. The highest BCUT2D eigenvalue weighted by Gasteiger charge is 2.17. The number of nitrogens with one attached hydrogen (secondary N) is 1. The molecule has 0 radical (unpaired) electrons. The average Bonchev–Trinajstić information content (AvgIpc) is 2.35. The molecule has 0 aliphatic rings. The molecule has 0 aliphatic carbocycles. The lowest BCUT2D eigenvalue weighted by molar-refractivity contribution is -0.862. The van der Waals surface area contributed by atoms with Crippen LogP contribution in [-0.4, -0.2) is 64.4 Å². The van der Waals surface area contributed by atoms with Crippen LogP contribution in [0.15, 0.2) is 28.2 Å². The molecule has 0 aliphatic heterocycles. The SMILES string of the molecule is COc1ccc(/C=N/NC(=O)C[N+](C)(C)C)cc1S(=O)(=O)O. The highest BCUT2D eigenvalue weighted by Crippen LogP contribution is 2.23. The van der Waals surface area contributed by atoms with E-state index in [9.17, 15) is 13.2 Å². The fourth-order valence-corrected chi connectivity index (χ4v) is 2.31. The van der Waals surface area contributed by atoms with Gasteiger partial charge in [-0.15, -0.1) is 0 Å². The topological polar surface area (TPSA) is 105 Å². The fourth-order valence-electron chi connectivity index (χ4n) is 1.62. The Balaban J connectivity index is 2.87. The summed E-state index contributed by atoms with van der Waals surface area (Å²) >= 11 is 0. The molecule has 0 atom stereocenters. The van der Waals surface area contributed by atoms with Gasteiger partial charge >= 0.3 is 0 Å². The first-order chi connectivity index (χ1) is 10.0. The van der Waals surface area contributed by atoms with Crippen LogP contribution in [0.1, 0.15) is 5.56 Å². The second-order valence-electron chi connectivity index (χ2n) is 5.63. The van der Waals surface area contributed by atoms with Gasteiger partial charge in [-0.3, -0.25) is 9.35 Å². The second kappa shape index (κ2) is 6.86. The molecular weight excluding hydrogens is 310 g/mol. The molecule has 0 unspecified atom stereocenters. The quantitative estimate of drug-likeness (QED) is 0.333. The summed E-state index contributed by atoms with van der Waals surface area (Å²) < 4.78 is 37.0. The first-order valence-corrected chi connectivity index (χ1v) is 7.75. The van der Waals surface area contributed by atoms with Gasteiger partial charge < -0.3 is 9.22 Å². The summed E-state index contributed by atoms with van der Waals surface area (Å²) in [6.07, 6.45) is 1.28. The van der Waals surface area contributed by atoms with Crippen molar-refractivity contribution in [3.63, 3.8) is 0 Å². The Hall–Kier alpha value is -1.97. The Bertz CT molecular complexity index is 677. The number of amides is 1. The third-order valence-electron chi connectivity index (χ3n) is 2.49. The van der Waals surface area contributed by atoms with Gasteiger partial charge in [-0.05, 0) is 23.8 Å². The van der Waals surface area contributed by atoms with Gasteiger partial charge in [0.15, 0.2) is 6.54 Å². The summed E-state index contributed by atoms with van der Waals surface area (Å²) in [6.45, 7) is 0.246. The number of carbonyl (C=O) groups is 1. The van der Waals surface area contributed by atoms with Crippen molar-refractivity contribution in [2.24, 2.45) is 5.10 Å². The summed E-state index contributed by atoms with van der Waals surface area (Å²) in [5.74, 6) is -0.249. The Morgan fingerprint density at radius 2 is 2.05 bits per heavy atom. The van der Waals surface area contributed by atoms with Crippen molar-refractivity contribution in [3.05, 3.63) is 23.8 Å². The lowest BCUT2D eigenvalue weighted by atomic mass is 10.2. The van der Waals surface area contributed by atoms with Crippen molar-refractivity contribution in [2.75, 3.05) is 34.8 Å². The van der Waals surface area contributed by atoms with Gasteiger partial charge in [0.2, 0.25) is 0 Å². The van der Waals surface area contributed by atoms with Crippen LogP contribution in [0.25, 0.3) is 0 Å². The molecule has 1 amide bonds. The Labute approximate surface area is 129 Å². The van der Waals surface area contributed by atoms with E-state index in [1.54, 1.807) is 6.07 Å². The predicted octanol–water partition coefficient (Wildman–Crippen LogP) is 0.0982. The number of methoxy groups -OCH3 is 1. The minimum Gasteiger partial charge on any atom is -0.495 e. The minimum atomic E-state index is -4.41. The van der Waals surface area contributed by atoms with Gasteiger partial charge in [-0.25, -0.2) is 5.43 Å². The molecule has 2 N–H and O–H groups in total. The first-order valence-electron chi connectivity index (χ1n) is 6.31. The Kier molecular flexibility index (Phi) is 5.64. The fraction of sp³-hybridized carbons (Fsp3) is 0.385. The lowest BCUT2D eigenvalue weighted by Crippen LogP contribution is -2.43. The lowest BCUT2D eigenvalue weighted by Gasteiger charge is -2.21. The van der Waals surface area contributed by atoms with Crippen LogP contribution in [0, 0.1) is 0 Å². The molecule has 22 heavy (non-hydrogen) atoms. The number of carbonyl (C=O) groups excluding carboxylic acids is 1. The number of rotatable bonds is 6. The van der Waals surface area contributed by atoms with E-state index in [-0.39, 0.29) is 23.1 Å². The van der Waals surface area contributed by atoms with E-state index in [1.165, 1.54) is 25.5 Å². The van der Waals surface area contributed by atoms with E-state index >= 15 is 0 Å². The van der Waals surface area contributed by atoms with Crippen LogP contribution < -0.4 is 10.2 Å². The normalized spacial score (nSPS) is 12.4. The maximum Gasteiger partial charge on any atom is 0.298 e. The molecule has 9 heteroatoms. The molecule has 0 saturated carbocycles. The van der Waals surface area contributed by atoms with Crippen LogP contribution in [0.5, 0.6) is 5.75 Å². The predicted molar refractivity (Wildman–Crippen MR) is 81.4 cm³/mol. The second-order valence-corrected chi connectivity index (χ2v) is 7.02. The number of benzene rings is 1. The van der Waals surface area contributed by atoms with Crippen molar-refractivity contribution >= 4 is 22.2 Å². The van der Waals surface area contributed by atoms with E-state index < -0.39 is 10.1 Å². The van der Waals surface area contributed by atoms with Crippen molar-refractivity contribution in [1.82, 2.24) is 5.43 Å². The summed E-state index contributed by atoms with van der Waals surface area (Å²) in [7, 11) is 2.48. The maximum absolute atomic E-state index is 11.6. The van der Waals surface area contributed by atoms with Gasteiger partial charge in [0, 0.05) is 0 Å².